The Balaban J connectivity index is 1.81. The highest BCUT2D eigenvalue weighted by Gasteiger charge is 2.30. The van der Waals surface area contributed by atoms with Gasteiger partial charge in [0.15, 0.2) is 0 Å². The predicted molar refractivity (Wildman–Crippen MR) is 98.6 cm³/mol. The van der Waals surface area contributed by atoms with Crippen molar-refractivity contribution in [3.8, 4) is 0 Å². The van der Waals surface area contributed by atoms with Gasteiger partial charge in [0.05, 0.1) is 5.92 Å². The minimum absolute atomic E-state index is 0.0858. The molecule has 26 heavy (non-hydrogen) atoms. The summed E-state index contributed by atoms with van der Waals surface area (Å²) in [6.07, 6.45) is 4.58. The van der Waals surface area contributed by atoms with Crippen molar-refractivity contribution in [1.29, 1.82) is 0 Å². The van der Waals surface area contributed by atoms with E-state index < -0.39 is 11.9 Å². The summed E-state index contributed by atoms with van der Waals surface area (Å²) in [6, 6.07) is 7.17. The zero-order valence-electron chi connectivity index (χ0n) is 15.3. The molecule has 2 unspecified atom stereocenters. The van der Waals surface area contributed by atoms with Gasteiger partial charge in [-0.15, -0.1) is 0 Å². The lowest BCUT2D eigenvalue weighted by molar-refractivity contribution is -0.144. The number of amides is 2. The second-order valence-electron chi connectivity index (χ2n) is 6.92. The molecule has 0 radical (unpaired) electrons. The molecule has 2 atom stereocenters. The summed E-state index contributed by atoms with van der Waals surface area (Å²) in [5.41, 5.74) is 1.52. The molecule has 1 aliphatic carbocycles. The number of carboxylic acid groups (broad SMARTS) is 1. The van der Waals surface area contributed by atoms with Crippen LogP contribution in [0.15, 0.2) is 24.3 Å². The fraction of sp³-hybridized carbons (Fsp3) is 0.550. The fourth-order valence-corrected chi connectivity index (χ4v) is 3.24. The molecule has 2 amide bonds. The summed E-state index contributed by atoms with van der Waals surface area (Å²) in [5.74, 6) is -1.62. The molecule has 142 valence electrons. The Bertz CT molecular complexity index is 627. The molecule has 6 heteroatoms. The van der Waals surface area contributed by atoms with Crippen LogP contribution in [-0.2, 0) is 16.1 Å². The predicted octanol–water partition coefficient (Wildman–Crippen LogP) is 2.72. The third-order valence-corrected chi connectivity index (χ3v) is 4.89. The molecule has 0 saturated heterocycles. The first kappa shape index (κ1) is 19.9. The summed E-state index contributed by atoms with van der Waals surface area (Å²) in [6.45, 7) is 3.13. The molecule has 3 N–H and O–H groups in total. The van der Waals surface area contributed by atoms with Gasteiger partial charge in [-0.1, -0.05) is 31.9 Å². The number of carboxylic acids is 1. The first-order chi connectivity index (χ1) is 12.5. The first-order valence-electron chi connectivity index (χ1n) is 9.39. The van der Waals surface area contributed by atoms with Gasteiger partial charge in [-0.05, 0) is 43.4 Å². The Hall–Kier alpha value is -2.37. The van der Waals surface area contributed by atoms with E-state index in [1.165, 1.54) is 0 Å². The van der Waals surface area contributed by atoms with Gasteiger partial charge in [0.2, 0.25) is 5.91 Å². The van der Waals surface area contributed by atoms with Crippen LogP contribution in [0.3, 0.4) is 0 Å². The number of carbonyl (C=O) groups is 3. The largest absolute Gasteiger partial charge is 0.481 e. The molecule has 1 fully saturated rings. The maximum absolute atomic E-state index is 12.3. The van der Waals surface area contributed by atoms with E-state index in [4.69, 9.17) is 5.11 Å². The SMILES string of the molecule is CCCCNC(=O)c1ccc(CNC(=O)C2CCCC(C(=O)O)C2)cc1. The molecule has 6 nitrogen and oxygen atoms in total. The van der Waals surface area contributed by atoms with Crippen LogP contribution in [0.2, 0.25) is 0 Å². The molecular formula is C20H28N2O4. The van der Waals surface area contributed by atoms with Crippen molar-refractivity contribution in [2.45, 2.75) is 52.0 Å². The molecule has 1 aliphatic rings. The number of hydrogen-bond donors (Lipinski definition) is 3. The molecule has 0 bridgehead atoms. The molecule has 1 saturated carbocycles. The minimum atomic E-state index is -0.810. The summed E-state index contributed by atoms with van der Waals surface area (Å²) in [4.78, 5) is 35.4. The summed E-state index contributed by atoms with van der Waals surface area (Å²) >= 11 is 0. The highest BCUT2D eigenvalue weighted by molar-refractivity contribution is 5.94. The van der Waals surface area contributed by atoms with Crippen LogP contribution in [0.4, 0.5) is 0 Å². The standard InChI is InChI=1S/C20H28N2O4/c1-2-3-11-21-18(23)15-9-7-14(8-10-15)13-22-19(24)16-5-4-6-17(12-16)20(25)26/h7-10,16-17H,2-6,11-13H2,1H3,(H,21,23)(H,22,24)(H,25,26). The monoisotopic (exact) mass is 360 g/mol. The van der Waals surface area contributed by atoms with E-state index in [0.29, 0.717) is 31.5 Å². The lowest BCUT2D eigenvalue weighted by Crippen LogP contribution is -2.35. The number of rotatable bonds is 8. The number of benzene rings is 1. The second-order valence-corrected chi connectivity index (χ2v) is 6.92. The molecule has 0 spiro atoms. The van der Waals surface area contributed by atoms with Crippen LogP contribution in [-0.4, -0.2) is 29.4 Å². The van der Waals surface area contributed by atoms with Crippen LogP contribution >= 0.6 is 0 Å². The lowest BCUT2D eigenvalue weighted by Gasteiger charge is -2.25. The van der Waals surface area contributed by atoms with E-state index in [2.05, 4.69) is 17.6 Å². The maximum atomic E-state index is 12.3. The van der Waals surface area contributed by atoms with Crippen molar-refractivity contribution in [2.24, 2.45) is 11.8 Å². The van der Waals surface area contributed by atoms with Gasteiger partial charge in [-0.2, -0.15) is 0 Å². The van der Waals surface area contributed by atoms with E-state index in [9.17, 15) is 14.4 Å². The van der Waals surface area contributed by atoms with Crippen LogP contribution in [0.1, 0.15) is 61.4 Å². The molecule has 0 aromatic heterocycles. The zero-order chi connectivity index (χ0) is 18.9. The molecule has 1 aromatic rings. The molecule has 0 heterocycles. The van der Waals surface area contributed by atoms with Crippen molar-refractivity contribution >= 4 is 17.8 Å². The van der Waals surface area contributed by atoms with Crippen molar-refractivity contribution in [3.05, 3.63) is 35.4 Å². The molecule has 0 aliphatic heterocycles. The maximum Gasteiger partial charge on any atom is 0.306 e. The Labute approximate surface area is 154 Å². The van der Waals surface area contributed by atoms with Gasteiger partial charge in [-0.3, -0.25) is 14.4 Å². The van der Waals surface area contributed by atoms with Crippen LogP contribution in [0, 0.1) is 11.8 Å². The van der Waals surface area contributed by atoms with Gasteiger partial charge in [0.1, 0.15) is 0 Å². The highest BCUT2D eigenvalue weighted by Crippen LogP contribution is 2.29. The second kappa shape index (κ2) is 9.94. The topological polar surface area (TPSA) is 95.5 Å². The third kappa shape index (κ3) is 5.86. The van der Waals surface area contributed by atoms with Gasteiger partial charge >= 0.3 is 5.97 Å². The highest BCUT2D eigenvalue weighted by atomic mass is 16.4. The van der Waals surface area contributed by atoms with Crippen molar-refractivity contribution in [1.82, 2.24) is 10.6 Å². The van der Waals surface area contributed by atoms with E-state index in [1.807, 2.05) is 12.1 Å². The number of carbonyl (C=O) groups excluding carboxylic acids is 2. The van der Waals surface area contributed by atoms with Gasteiger partial charge < -0.3 is 15.7 Å². The number of hydrogen-bond acceptors (Lipinski definition) is 3. The molecule has 2 rings (SSSR count). The summed E-state index contributed by atoms with van der Waals surface area (Å²) in [7, 11) is 0. The molecular weight excluding hydrogens is 332 g/mol. The third-order valence-electron chi connectivity index (χ3n) is 4.89. The van der Waals surface area contributed by atoms with Crippen molar-refractivity contribution in [3.63, 3.8) is 0 Å². The quantitative estimate of drug-likeness (QED) is 0.621. The smallest absolute Gasteiger partial charge is 0.306 e. The van der Waals surface area contributed by atoms with Crippen LogP contribution < -0.4 is 10.6 Å². The normalized spacial score (nSPS) is 19.6. The number of nitrogens with one attached hydrogen (secondary N) is 2. The minimum Gasteiger partial charge on any atom is -0.481 e. The Morgan fingerprint density at radius 1 is 1.08 bits per heavy atom. The van der Waals surface area contributed by atoms with E-state index >= 15 is 0 Å². The first-order valence-corrected chi connectivity index (χ1v) is 9.39. The zero-order valence-corrected chi connectivity index (χ0v) is 15.3. The van der Waals surface area contributed by atoms with E-state index in [-0.39, 0.29) is 17.7 Å². The summed E-state index contributed by atoms with van der Waals surface area (Å²) < 4.78 is 0. The Morgan fingerprint density at radius 2 is 1.77 bits per heavy atom. The van der Waals surface area contributed by atoms with Gasteiger partial charge in [0, 0.05) is 24.6 Å². The van der Waals surface area contributed by atoms with Crippen molar-refractivity contribution in [2.75, 3.05) is 6.54 Å². The average Bonchev–Trinajstić information content (AvgIpc) is 2.66. The molecule has 1 aromatic carbocycles. The lowest BCUT2D eigenvalue weighted by atomic mass is 9.81. The van der Waals surface area contributed by atoms with Crippen molar-refractivity contribution < 1.29 is 19.5 Å². The summed E-state index contributed by atoms with van der Waals surface area (Å²) in [5, 5.41) is 14.9. The van der Waals surface area contributed by atoms with Crippen LogP contribution in [0.5, 0.6) is 0 Å². The number of aliphatic carboxylic acids is 1. The average molecular weight is 360 g/mol. The Morgan fingerprint density at radius 3 is 2.42 bits per heavy atom. The van der Waals surface area contributed by atoms with Gasteiger partial charge in [0.25, 0.3) is 5.91 Å². The number of unbranched alkanes of at least 4 members (excludes halogenated alkanes) is 1. The van der Waals surface area contributed by atoms with Crippen LogP contribution in [0.25, 0.3) is 0 Å². The fourth-order valence-electron chi connectivity index (χ4n) is 3.24. The van der Waals surface area contributed by atoms with E-state index in [1.54, 1.807) is 12.1 Å². The van der Waals surface area contributed by atoms with E-state index in [0.717, 1.165) is 31.2 Å². The van der Waals surface area contributed by atoms with Gasteiger partial charge in [-0.25, -0.2) is 0 Å². The Kier molecular flexibility index (Phi) is 7.63.